The van der Waals surface area contributed by atoms with Crippen molar-refractivity contribution in [2.45, 2.75) is 44.8 Å². The van der Waals surface area contributed by atoms with Gasteiger partial charge in [0.1, 0.15) is 6.10 Å². The van der Waals surface area contributed by atoms with Crippen LogP contribution in [0.15, 0.2) is 0 Å². The van der Waals surface area contributed by atoms with Crippen LogP contribution >= 0.6 is 0 Å². The predicted molar refractivity (Wildman–Crippen MR) is 49.4 cm³/mol. The van der Waals surface area contributed by atoms with Gasteiger partial charge in [0.05, 0.1) is 0 Å². The van der Waals surface area contributed by atoms with Gasteiger partial charge >= 0.3 is 5.97 Å². The number of piperidine rings is 1. The molecule has 0 N–H and O–H groups in total. The number of carbonyl (C=O) groups excluding carboxylic acids is 1. The third kappa shape index (κ3) is 1.85. The summed E-state index contributed by atoms with van der Waals surface area (Å²) in [6.07, 6.45) is 5.02. The summed E-state index contributed by atoms with van der Waals surface area (Å²) in [4.78, 5) is 13.3. The molecule has 2 atom stereocenters. The predicted octanol–water partition coefficient (Wildman–Crippen LogP) is 1.18. The Balaban J connectivity index is 1.94. The minimum atomic E-state index is -0.127. The van der Waals surface area contributed by atoms with E-state index in [1.165, 1.54) is 32.7 Å². The van der Waals surface area contributed by atoms with Crippen LogP contribution in [-0.4, -0.2) is 36.1 Å². The van der Waals surface area contributed by atoms with Crippen LogP contribution in [0.25, 0.3) is 0 Å². The molecule has 0 bridgehead atoms. The van der Waals surface area contributed by atoms with E-state index in [2.05, 4.69) is 4.90 Å². The number of hydrogen-bond donors (Lipinski definition) is 0. The molecular formula is C10H17NO2. The van der Waals surface area contributed by atoms with Crippen LogP contribution in [0.1, 0.15) is 32.6 Å². The molecule has 0 radical (unpaired) electrons. The molecule has 2 saturated heterocycles. The number of carbonyl (C=O) groups is 1. The summed E-state index contributed by atoms with van der Waals surface area (Å²) in [5.41, 5.74) is 0. The summed E-state index contributed by atoms with van der Waals surface area (Å²) in [5.74, 6) is -0.127. The van der Waals surface area contributed by atoms with Crippen molar-refractivity contribution in [2.75, 3.05) is 13.1 Å². The lowest BCUT2D eigenvalue weighted by molar-refractivity contribution is -0.147. The van der Waals surface area contributed by atoms with E-state index in [-0.39, 0.29) is 12.1 Å². The molecule has 0 aliphatic carbocycles. The van der Waals surface area contributed by atoms with Crippen LogP contribution < -0.4 is 0 Å². The van der Waals surface area contributed by atoms with Gasteiger partial charge in [-0.2, -0.15) is 0 Å². The number of fused-ring (bicyclic) bond motifs is 1. The second kappa shape index (κ2) is 3.66. The molecule has 3 heteroatoms. The lowest BCUT2D eigenvalue weighted by Gasteiger charge is -2.31. The molecule has 0 aromatic rings. The number of nitrogens with zero attached hydrogens (tertiary/aromatic N) is 1. The lowest BCUT2D eigenvalue weighted by atomic mass is 10.0. The largest absolute Gasteiger partial charge is 0.461 e. The fraction of sp³-hybridized carbons (Fsp3) is 0.900. The van der Waals surface area contributed by atoms with Gasteiger partial charge in [0.15, 0.2) is 0 Å². The first-order chi connectivity index (χ1) is 6.27. The molecule has 0 saturated carbocycles. The van der Waals surface area contributed by atoms with E-state index in [0.717, 1.165) is 13.0 Å². The second-order valence-electron chi connectivity index (χ2n) is 4.04. The zero-order valence-electron chi connectivity index (χ0n) is 8.16. The maximum absolute atomic E-state index is 10.8. The summed E-state index contributed by atoms with van der Waals surface area (Å²) in [7, 11) is 0. The van der Waals surface area contributed by atoms with Crippen molar-refractivity contribution in [3.05, 3.63) is 0 Å². The number of rotatable bonds is 1. The number of hydrogen-bond acceptors (Lipinski definition) is 3. The van der Waals surface area contributed by atoms with Crippen LogP contribution in [0.5, 0.6) is 0 Å². The Labute approximate surface area is 79.0 Å². The fourth-order valence-electron chi connectivity index (χ4n) is 2.55. The van der Waals surface area contributed by atoms with Crippen molar-refractivity contribution >= 4 is 5.97 Å². The van der Waals surface area contributed by atoms with Crippen LogP contribution in [0, 0.1) is 0 Å². The molecule has 2 fully saturated rings. The van der Waals surface area contributed by atoms with E-state index in [1.54, 1.807) is 0 Å². The molecule has 3 nitrogen and oxygen atoms in total. The van der Waals surface area contributed by atoms with Crippen molar-refractivity contribution in [3.8, 4) is 0 Å². The molecule has 2 heterocycles. The molecule has 0 aromatic heterocycles. The maximum atomic E-state index is 10.8. The van der Waals surface area contributed by atoms with E-state index < -0.39 is 0 Å². The summed E-state index contributed by atoms with van der Waals surface area (Å²) in [5, 5.41) is 0. The highest BCUT2D eigenvalue weighted by Gasteiger charge is 2.37. The van der Waals surface area contributed by atoms with Crippen molar-refractivity contribution < 1.29 is 9.53 Å². The van der Waals surface area contributed by atoms with Gasteiger partial charge in [0, 0.05) is 19.5 Å². The smallest absolute Gasteiger partial charge is 0.302 e. The standard InChI is InChI=1S/C10H17NO2/c1-8(12)13-10-5-7-11-6-3-2-4-9(10)11/h9-10H,2-7H2,1H3/t9-,10+/m0/s1. The molecule has 0 spiro atoms. The Morgan fingerprint density at radius 2 is 2.15 bits per heavy atom. The Hall–Kier alpha value is -0.570. The van der Waals surface area contributed by atoms with Gasteiger partial charge in [0.25, 0.3) is 0 Å². The van der Waals surface area contributed by atoms with Gasteiger partial charge in [-0.25, -0.2) is 0 Å². The number of esters is 1. The van der Waals surface area contributed by atoms with Crippen LogP contribution in [0.4, 0.5) is 0 Å². The third-order valence-electron chi connectivity index (χ3n) is 3.11. The van der Waals surface area contributed by atoms with Gasteiger partial charge < -0.3 is 4.74 Å². The minimum absolute atomic E-state index is 0.127. The molecule has 74 valence electrons. The first kappa shape index (κ1) is 9.00. The van der Waals surface area contributed by atoms with Gasteiger partial charge in [-0.1, -0.05) is 6.42 Å². The monoisotopic (exact) mass is 183 g/mol. The van der Waals surface area contributed by atoms with Crippen LogP contribution in [0.3, 0.4) is 0 Å². The van der Waals surface area contributed by atoms with Gasteiger partial charge in [0.2, 0.25) is 0 Å². The summed E-state index contributed by atoms with van der Waals surface area (Å²) >= 11 is 0. The molecule has 2 aliphatic rings. The molecule has 0 aromatic carbocycles. The van der Waals surface area contributed by atoms with Gasteiger partial charge in [-0.15, -0.1) is 0 Å². The first-order valence-corrected chi connectivity index (χ1v) is 5.18. The highest BCUT2D eigenvalue weighted by molar-refractivity contribution is 5.66. The average Bonchev–Trinajstić information content (AvgIpc) is 2.48. The molecule has 13 heavy (non-hydrogen) atoms. The zero-order chi connectivity index (χ0) is 9.26. The summed E-state index contributed by atoms with van der Waals surface area (Å²) in [6, 6.07) is 0.526. The SMILES string of the molecule is CC(=O)O[C@@H]1CCN2CCCC[C@@H]12. The topological polar surface area (TPSA) is 29.5 Å². The van der Waals surface area contributed by atoms with Crippen molar-refractivity contribution in [1.29, 1.82) is 0 Å². The Morgan fingerprint density at radius 1 is 1.31 bits per heavy atom. The van der Waals surface area contributed by atoms with Crippen molar-refractivity contribution in [1.82, 2.24) is 4.90 Å². The van der Waals surface area contributed by atoms with E-state index in [9.17, 15) is 4.79 Å². The second-order valence-corrected chi connectivity index (χ2v) is 4.04. The molecule has 2 aliphatic heterocycles. The highest BCUT2D eigenvalue weighted by atomic mass is 16.5. The van der Waals surface area contributed by atoms with E-state index in [0.29, 0.717) is 6.04 Å². The number of ether oxygens (including phenoxy) is 1. The zero-order valence-corrected chi connectivity index (χ0v) is 8.16. The Bertz CT molecular complexity index is 205. The van der Waals surface area contributed by atoms with E-state index in [4.69, 9.17) is 4.74 Å². The minimum Gasteiger partial charge on any atom is -0.461 e. The third-order valence-corrected chi connectivity index (χ3v) is 3.11. The van der Waals surface area contributed by atoms with Gasteiger partial charge in [-0.3, -0.25) is 9.69 Å². The molecule has 2 rings (SSSR count). The summed E-state index contributed by atoms with van der Waals surface area (Å²) < 4.78 is 5.30. The van der Waals surface area contributed by atoms with Crippen LogP contribution in [-0.2, 0) is 9.53 Å². The van der Waals surface area contributed by atoms with E-state index >= 15 is 0 Å². The lowest BCUT2D eigenvalue weighted by Crippen LogP contribution is -2.40. The highest BCUT2D eigenvalue weighted by Crippen LogP contribution is 2.28. The van der Waals surface area contributed by atoms with Crippen LogP contribution in [0.2, 0.25) is 0 Å². The maximum Gasteiger partial charge on any atom is 0.302 e. The molecule has 0 unspecified atom stereocenters. The summed E-state index contributed by atoms with van der Waals surface area (Å²) in [6.45, 7) is 3.82. The average molecular weight is 183 g/mol. The normalized spacial score (nSPS) is 34.2. The van der Waals surface area contributed by atoms with Gasteiger partial charge in [-0.05, 0) is 25.8 Å². The molecular weight excluding hydrogens is 166 g/mol. The van der Waals surface area contributed by atoms with Crippen molar-refractivity contribution in [2.24, 2.45) is 0 Å². The Morgan fingerprint density at radius 3 is 2.92 bits per heavy atom. The van der Waals surface area contributed by atoms with Crippen molar-refractivity contribution in [3.63, 3.8) is 0 Å². The molecule has 0 amide bonds. The van der Waals surface area contributed by atoms with E-state index in [1.807, 2.05) is 0 Å². The Kier molecular flexibility index (Phi) is 2.54. The quantitative estimate of drug-likeness (QED) is 0.572. The fourth-order valence-corrected chi connectivity index (χ4v) is 2.55. The first-order valence-electron chi connectivity index (χ1n) is 5.18.